The Kier molecular flexibility index (Phi) is 7.19. The van der Waals surface area contributed by atoms with E-state index < -0.39 is 0 Å². The van der Waals surface area contributed by atoms with Gasteiger partial charge in [-0.3, -0.25) is 14.5 Å². The van der Waals surface area contributed by atoms with Crippen LogP contribution in [0.1, 0.15) is 32.4 Å². The Morgan fingerprint density at radius 2 is 1.93 bits per heavy atom. The number of thiophene rings is 1. The molecule has 2 heterocycles. The molecule has 0 radical (unpaired) electrons. The van der Waals surface area contributed by atoms with Crippen molar-refractivity contribution in [2.24, 2.45) is 0 Å². The quantitative estimate of drug-likeness (QED) is 0.747. The molecule has 1 aromatic carbocycles. The monoisotopic (exact) mass is 401 g/mol. The van der Waals surface area contributed by atoms with E-state index in [0.29, 0.717) is 25.3 Å². The van der Waals surface area contributed by atoms with Gasteiger partial charge in [-0.25, -0.2) is 0 Å². The molecule has 150 valence electrons. The lowest BCUT2D eigenvalue weighted by Crippen LogP contribution is -2.45. The number of hydrogen-bond donors (Lipinski definition) is 2. The van der Waals surface area contributed by atoms with Gasteiger partial charge in [-0.2, -0.15) is 0 Å². The predicted molar refractivity (Wildman–Crippen MR) is 111 cm³/mol. The average molecular weight is 402 g/mol. The molecule has 2 aromatic rings. The first-order chi connectivity index (χ1) is 13.5. The zero-order valence-corrected chi connectivity index (χ0v) is 17.2. The Labute approximate surface area is 169 Å². The molecule has 2 amide bonds. The first kappa shape index (κ1) is 20.5. The lowest BCUT2D eigenvalue weighted by atomic mass is 10.1. The molecular weight excluding hydrogens is 374 g/mol. The number of rotatable bonds is 7. The molecule has 0 unspecified atom stereocenters. The molecule has 2 N–H and O–H groups in total. The summed E-state index contributed by atoms with van der Waals surface area (Å²) < 4.78 is 5.44. The van der Waals surface area contributed by atoms with E-state index in [-0.39, 0.29) is 24.4 Å². The highest BCUT2D eigenvalue weighted by Gasteiger charge is 2.24. The highest BCUT2D eigenvalue weighted by Crippen LogP contribution is 2.25. The number of benzene rings is 1. The number of amides is 2. The van der Waals surface area contributed by atoms with Crippen LogP contribution in [0.3, 0.4) is 0 Å². The van der Waals surface area contributed by atoms with Crippen molar-refractivity contribution in [1.29, 1.82) is 0 Å². The van der Waals surface area contributed by atoms with Gasteiger partial charge in [0.1, 0.15) is 0 Å². The largest absolute Gasteiger partial charge is 0.379 e. The summed E-state index contributed by atoms with van der Waals surface area (Å²) in [5.41, 5.74) is 2.76. The SMILES string of the molecule is Cc1ccc(C(=O)NCC(=O)NC[C@H](c2cccs2)N2CCOCC2)cc1C. The standard InChI is InChI=1S/C21H27N3O3S/c1-15-5-6-17(12-16(15)2)21(26)23-14-20(25)22-13-18(19-4-3-11-28-19)24-7-9-27-10-8-24/h3-6,11-12,18H,7-10,13-14H2,1-2H3,(H,22,25)(H,23,26)/t18-/m1/s1. The summed E-state index contributed by atoms with van der Waals surface area (Å²) in [4.78, 5) is 28.1. The van der Waals surface area contributed by atoms with E-state index in [1.165, 1.54) is 4.88 Å². The molecule has 0 spiro atoms. The summed E-state index contributed by atoms with van der Waals surface area (Å²) in [5.74, 6) is -0.423. The molecule has 1 fully saturated rings. The fourth-order valence-electron chi connectivity index (χ4n) is 3.20. The molecule has 1 atom stereocenters. The number of nitrogens with zero attached hydrogens (tertiary/aromatic N) is 1. The number of aryl methyl sites for hydroxylation is 2. The average Bonchev–Trinajstić information content (AvgIpc) is 3.23. The van der Waals surface area contributed by atoms with Crippen molar-refractivity contribution in [3.8, 4) is 0 Å². The van der Waals surface area contributed by atoms with Gasteiger partial charge >= 0.3 is 0 Å². The molecule has 1 saturated heterocycles. The number of morpholine rings is 1. The summed E-state index contributed by atoms with van der Waals surface area (Å²) in [6.07, 6.45) is 0. The first-order valence-corrected chi connectivity index (χ1v) is 10.4. The van der Waals surface area contributed by atoms with Gasteiger partial charge in [0.15, 0.2) is 0 Å². The van der Waals surface area contributed by atoms with Gasteiger partial charge in [0.2, 0.25) is 5.91 Å². The normalized spacial score (nSPS) is 15.8. The van der Waals surface area contributed by atoms with Gasteiger partial charge in [-0.05, 0) is 48.6 Å². The van der Waals surface area contributed by atoms with Crippen molar-refractivity contribution in [2.75, 3.05) is 39.4 Å². The molecular formula is C21H27N3O3S. The molecule has 0 bridgehead atoms. The maximum absolute atomic E-state index is 12.3. The van der Waals surface area contributed by atoms with Crippen molar-refractivity contribution in [1.82, 2.24) is 15.5 Å². The van der Waals surface area contributed by atoms with Crippen LogP contribution in [0.15, 0.2) is 35.7 Å². The predicted octanol–water partition coefficient (Wildman–Crippen LogP) is 2.28. The Morgan fingerprint density at radius 1 is 1.14 bits per heavy atom. The first-order valence-electron chi connectivity index (χ1n) is 9.52. The Bertz CT molecular complexity index is 801. The van der Waals surface area contributed by atoms with Crippen LogP contribution in [0.4, 0.5) is 0 Å². The van der Waals surface area contributed by atoms with Gasteiger partial charge in [0, 0.05) is 30.1 Å². The molecule has 28 heavy (non-hydrogen) atoms. The topological polar surface area (TPSA) is 70.7 Å². The Hall–Kier alpha value is -2.22. The van der Waals surface area contributed by atoms with Crippen molar-refractivity contribution < 1.29 is 14.3 Å². The summed E-state index contributed by atoms with van der Waals surface area (Å²) >= 11 is 1.69. The molecule has 3 rings (SSSR count). The molecule has 7 heteroatoms. The summed E-state index contributed by atoms with van der Waals surface area (Å²) in [6.45, 7) is 7.57. The van der Waals surface area contributed by atoms with E-state index in [1.807, 2.05) is 37.4 Å². The molecule has 1 aliphatic heterocycles. The Balaban J connectivity index is 1.51. The van der Waals surface area contributed by atoms with Crippen LogP contribution in [-0.4, -0.2) is 56.1 Å². The van der Waals surface area contributed by atoms with E-state index in [1.54, 1.807) is 17.4 Å². The number of carbonyl (C=O) groups excluding carboxylic acids is 2. The smallest absolute Gasteiger partial charge is 0.251 e. The highest BCUT2D eigenvalue weighted by molar-refractivity contribution is 7.10. The zero-order chi connectivity index (χ0) is 19.9. The van der Waals surface area contributed by atoms with Crippen LogP contribution in [0.25, 0.3) is 0 Å². The van der Waals surface area contributed by atoms with E-state index in [2.05, 4.69) is 21.6 Å². The van der Waals surface area contributed by atoms with Gasteiger partial charge in [-0.1, -0.05) is 12.1 Å². The molecule has 0 aliphatic carbocycles. The van der Waals surface area contributed by atoms with Gasteiger partial charge < -0.3 is 15.4 Å². The van der Waals surface area contributed by atoms with Crippen molar-refractivity contribution in [3.05, 3.63) is 57.3 Å². The minimum absolute atomic E-state index is 0.0357. The fourth-order valence-corrected chi connectivity index (χ4v) is 4.06. The number of nitrogens with one attached hydrogen (secondary N) is 2. The third-order valence-corrected chi connectivity index (χ3v) is 6.00. The van der Waals surface area contributed by atoms with Gasteiger partial charge in [-0.15, -0.1) is 11.3 Å². The van der Waals surface area contributed by atoms with E-state index in [4.69, 9.17) is 4.74 Å². The van der Waals surface area contributed by atoms with Crippen LogP contribution in [0.2, 0.25) is 0 Å². The third-order valence-electron chi connectivity index (χ3n) is 5.03. The second kappa shape index (κ2) is 9.82. The number of ether oxygens (including phenoxy) is 1. The van der Waals surface area contributed by atoms with Gasteiger partial charge in [0.25, 0.3) is 5.91 Å². The van der Waals surface area contributed by atoms with E-state index in [0.717, 1.165) is 24.2 Å². The van der Waals surface area contributed by atoms with Crippen LogP contribution >= 0.6 is 11.3 Å². The highest BCUT2D eigenvalue weighted by atomic mass is 32.1. The third kappa shape index (κ3) is 5.41. The van der Waals surface area contributed by atoms with Crippen LogP contribution in [-0.2, 0) is 9.53 Å². The van der Waals surface area contributed by atoms with Crippen molar-refractivity contribution in [3.63, 3.8) is 0 Å². The van der Waals surface area contributed by atoms with Crippen LogP contribution in [0, 0.1) is 13.8 Å². The minimum atomic E-state index is -0.235. The minimum Gasteiger partial charge on any atom is -0.379 e. The number of carbonyl (C=O) groups is 2. The van der Waals surface area contributed by atoms with E-state index in [9.17, 15) is 9.59 Å². The zero-order valence-electron chi connectivity index (χ0n) is 16.4. The molecule has 1 aliphatic rings. The summed E-state index contributed by atoms with van der Waals surface area (Å²) in [5, 5.41) is 7.72. The lowest BCUT2D eigenvalue weighted by molar-refractivity contribution is -0.120. The molecule has 6 nitrogen and oxygen atoms in total. The summed E-state index contributed by atoms with van der Waals surface area (Å²) in [6, 6.07) is 9.79. The number of hydrogen-bond acceptors (Lipinski definition) is 5. The van der Waals surface area contributed by atoms with Crippen LogP contribution < -0.4 is 10.6 Å². The van der Waals surface area contributed by atoms with Gasteiger partial charge in [0.05, 0.1) is 25.8 Å². The summed E-state index contributed by atoms with van der Waals surface area (Å²) in [7, 11) is 0. The molecule has 1 aromatic heterocycles. The second-order valence-electron chi connectivity index (χ2n) is 6.97. The van der Waals surface area contributed by atoms with Crippen molar-refractivity contribution in [2.45, 2.75) is 19.9 Å². The molecule has 0 saturated carbocycles. The van der Waals surface area contributed by atoms with E-state index >= 15 is 0 Å². The fraction of sp³-hybridized carbons (Fsp3) is 0.429. The Morgan fingerprint density at radius 3 is 2.61 bits per heavy atom. The maximum Gasteiger partial charge on any atom is 0.251 e. The maximum atomic E-state index is 12.3. The lowest BCUT2D eigenvalue weighted by Gasteiger charge is -2.34. The van der Waals surface area contributed by atoms with Crippen LogP contribution in [0.5, 0.6) is 0 Å². The van der Waals surface area contributed by atoms with Crippen molar-refractivity contribution >= 4 is 23.2 Å². The second-order valence-corrected chi connectivity index (χ2v) is 7.94.